The summed E-state index contributed by atoms with van der Waals surface area (Å²) >= 11 is 0. The van der Waals surface area contributed by atoms with Crippen molar-refractivity contribution in [1.29, 1.82) is 0 Å². The van der Waals surface area contributed by atoms with Crippen LogP contribution in [-0.2, 0) is 42.8 Å². The molecule has 2 aromatic carbocycles. The molecule has 0 bridgehead atoms. The quantitative estimate of drug-likeness (QED) is 0.289. The fraction of sp³-hybridized carbons (Fsp3) is 0.600. The van der Waals surface area contributed by atoms with Crippen LogP contribution in [0.25, 0.3) is 0 Å². The maximum atomic E-state index is 14.5. The lowest BCUT2D eigenvalue weighted by Crippen LogP contribution is -2.60. The zero-order valence-corrected chi connectivity index (χ0v) is 29.6. The lowest BCUT2D eigenvalue weighted by atomic mass is 9.49. The number of ether oxygens (including phenoxy) is 1. The van der Waals surface area contributed by atoms with Crippen molar-refractivity contribution >= 4 is 29.5 Å². The number of aryl methyl sites for hydroxylation is 3. The highest BCUT2D eigenvalue weighted by Crippen LogP contribution is 2.59. The molecule has 4 aliphatic carbocycles. The minimum absolute atomic E-state index is 0.0458. The minimum atomic E-state index is -0.701. The Bertz CT molecular complexity index is 1640. The summed E-state index contributed by atoms with van der Waals surface area (Å²) in [6.45, 7) is 12.7. The van der Waals surface area contributed by atoms with Crippen molar-refractivity contribution in [3.63, 3.8) is 0 Å². The third-order valence-corrected chi connectivity index (χ3v) is 13.1. The first-order valence-corrected chi connectivity index (χ1v) is 18.0. The lowest BCUT2D eigenvalue weighted by Gasteiger charge is -2.56. The van der Waals surface area contributed by atoms with Crippen LogP contribution in [0.2, 0.25) is 0 Å². The smallest absolute Gasteiger partial charge is 0.407 e. The van der Waals surface area contributed by atoms with Crippen molar-refractivity contribution in [3.8, 4) is 0 Å². The van der Waals surface area contributed by atoms with Gasteiger partial charge in [-0.25, -0.2) is 4.79 Å². The molecule has 4 amide bonds. The zero-order valence-electron chi connectivity index (χ0n) is 29.6. The van der Waals surface area contributed by atoms with Crippen LogP contribution in [-0.4, -0.2) is 37.0 Å². The molecule has 2 fully saturated rings. The van der Waals surface area contributed by atoms with Gasteiger partial charge in [-0.3, -0.25) is 19.7 Å². The first kappa shape index (κ1) is 34.2. The normalized spacial score (nSPS) is 32.0. The minimum Gasteiger partial charge on any atom is -0.450 e. The van der Waals surface area contributed by atoms with Crippen molar-refractivity contribution in [2.24, 2.45) is 22.7 Å². The van der Waals surface area contributed by atoms with Crippen LogP contribution >= 0.6 is 0 Å². The van der Waals surface area contributed by atoms with E-state index < -0.39 is 16.9 Å². The van der Waals surface area contributed by atoms with Gasteiger partial charge in [-0.15, -0.1) is 0 Å². The summed E-state index contributed by atoms with van der Waals surface area (Å²) in [5.74, 6) is -0.360. The van der Waals surface area contributed by atoms with E-state index in [1.54, 1.807) is 6.92 Å². The van der Waals surface area contributed by atoms with Crippen LogP contribution < -0.4 is 16.0 Å². The number of benzene rings is 2. The molecule has 2 aromatic rings. The summed E-state index contributed by atoms with van der Waals surface area (Å²) in [6.07, 6.45) is 8.36. The second kappa shape index (κ2) is 12.6. The van der Waals surface area contributed by atoms with Gasteiger partial charge in [-0.1, -0.05) is 70.4 Å². The third kappa shape index (κ3) is 5.73. The van der Waals surface area contributed by atoms with Gasteiger partial charge in [0.1, 0.15) is 6.54 Å². The Morgan fingerprint density at radius 2 is 1.31 bits per heavy atom. The molecule has 6 atom stereocenters. The molecule has 0 heterocycles. The van der Waals surface area contributed by atoms with Gasteiger partial charge in [0.25, 0.3) is 0 Å². The van der Waals surface area contributed by atoms with Gasteiger partial charge in [-0.2, -0.15) is 0 Å². The number of hydrogen-bond acceptors (Lipinski definition) is 5. The van der Waals surface area contributed by atoms with E-state index in [4.69, 9.17) is 4.74 Å². The van der Waals surface area contributed by atoms with Gasteiger partial charge in [-0.05, 0) is 122 Å². The van der Waals surface area contributed by atoms with Crippen molar-refractivity contribution in [2.75, 3.05) is 18.5 Å². The summed E-state index contributed by atoms with van der Waals surface area (Å²) < 4.78 is 4.85. The molecular formula is C40H53N3O5. The van der Waals surface area contributed by atoms with Gasteiger partial charge >= 0.3 is 6.09 Å². The number of hydrogen-bond donors (Lipinski definition) is 3. The fourth-order valence-electron chi connectivity index (χ4n) is 10.6. The average Bonchev–Trinajstić information content (AvgIpc) is 3.04. The van der Waals surface area contributed by atoms with E-state index in [1.165, 1.54) is 22.3 Å². The highest BCUT2D eigenvalue weighted by molar-refractivity contribution is 6.01. The number of amides is 4. The predicted molar refractivity (Wildman–Crippen MR) is 187 cm³/mol. The van der Waals surface area contributed by atoms with Crippen LogP contribution in [0, 0.1) is 29.6 Å². The standard InChI is InChI=1S/C40H53N3O5/c1-7-48-36(47)41-24-33(44)42-28-15-12-27-14-17-32-38(4,30(27)23-28)19-9-21-40(32,6)35(46)43-34(45)39(5)20-8-18-37(3)29-22-25(2)10-11-26(29)13-16-31(37)39/h10-12,15,22-23,31-32H,7-9,13-14,16-21,24H2,1-6H3,(H,41,47)(H,42,44)(H,43,45,46)/t31-,32-,37-,38-,39+,40+/m1/s1. The Morgan fingerprint density at radius 3 is 1.88 bits per heavy atom. The Hall–Kier alpha value is -3.68. The topological polar surface area (TPSA) is 114 Å². The van der Waals surface area contributed by atoms with E-state index in [9.17, 15) is 19.2 Å². The number of rotatable bonds is 6. The third-order valence-electron chi connectivity index (χ3n) is 13.1. The number of alkyl carbamates (subject to hydrolysis) is 1. The largest absolute Gasteiger partial charge is 0.450 e. The first-order chi connectivity index (χ1) is 22.7. The van der Waals surface area contributed by atoms with Crippen molar-refractivity contribution in [2.45, 2.75) is 117 Å². The van der Waals surface area contributed by atoms with E-state index in [0.717, 1.165) is 69.8 Å². The number of nitrogens with one attached hydrogen (secondary N) is 3. The number of carbonyl (C=O) groups excluding carboxylic acids is 4. The highest BCUT2D eigenvalue weighted by Gasteiger charge is 2.58. The maximum Gasteiger partial charge on any atom is 0.407 e. The lowest BCUT2D eigenvalue weighted by molar-refractivity contribution is -0.150. The highest BCUT2D eigenvalue weighted by atomic mass is 16.5. The molecule has 8 nitrogen and oxygen atoms in total. The summed E-state index contributed by atoms with van der Waals surface area (Å²) in [5, 5.41) is 8.43. The molecule has 0 aliphatic heterocycles. The van der Waals surface area contributed by atoms with E-state index in [2.05, 4.69) is 74.8 Å². The molecule has 48 heavy (non-hydrogen) atoms. The molecule has 258 valence electrons. The molecule has 0 saturated heterocycles. The van der Waals surface area contributed by atoms with Gasteiger partial charge in [0.15, 0.2) is 0 Å². The predicted octanol–water partition coefficient (Wildman–Crippen LogP) is 7.04. The Kier molecular flexibility index (Phi) is 9.01. The Labute approximate surface area is 285 Å². The number of fused-ring (bicyclic) bond motifs is 6. The van der Waals surface area contributed by atoms with Gasteiger partial charge in [0.2, 0.25) is 17.7 Å². The Balaban J connectivity index is 1.20. The fourth-order valence-corrected chi connectivity index (χ4v) is 10.6. The summed E-state index contributed by atoms with van der Waals surface area (Å²) in [5.41, 5.74) is 5.42. The molecule has 0 spiro atoms. The second-order valence-corrected chi connectivity index (χ2v) is 16.0. The number of imide groups is 1. The van der Waals surface area contributed by atoms with Gasteiger partial charge in [0.05, 0.1) is 17.4 Å². The van der Waals surface area contributed by atoms with Gasteiger partial charge in [0, 0.05) is 5.69 Å². The van der Waals surface area contributed by atoms with E-state index in [-0.39, 0.29) is 53.5 Å². The Morgan fingerprint density at radius 1 is 0.771 bits per heavy atom. The second-order valence-electron chi connectivity index (χ2n) is 16.0. The monoisotopic (exact) mass is 655 g/mol. The molecule has 2 saturated carbocycles. The summed E-state index contributed by atoms with van der Waals surface area (Å²) in [6, 6.07) is 12.8. The van der Waals surface area contributed by atoms with Crippen LogP contribution in [0.4, 0.5) is 10.5 Å². The summed E-state index contributed by atoms with van der Waals surface area (Å²) in [4.78, 5) is 53.1. The van der Waals surface area contributed by atoms with Crippen molar-refractivity contribution in [1.82, 2.24) is 10.6 Å². The first-order valence-electron chi connectivity index (χ1n) is 18.0. The van der Waals surface area contributed by atoms with Crippen LogP contribution in [0.15, 0.2) is 36.4 Å². The van der Waals surface area contributed by atoms with Crippen LogP contribution in [0.3, 0.4) is 0 Å². The molecule has 0 radical (unpaired) electrons. The number of carbonyl (C=O) groups is 4. The zero-order chi connectivity index (χ0) is 34.5. The molecule has 3 N–H and O–H groups in total. The molecule has 6 rings (SSSR count). The molecule has 8 heteroatoms. The molecular weight excluding hydrogens is 602 g/mol. The van der Waals surface area contributed by atoms with E-state index in [1.807, 2.05) is 12.1 Å². The molecule has 0 unspecified atom stereocenters. The van der Waals surface area contributed by atoms with E-state index in [0.29, 0.717) is 5.69 Å². The number of anilines is 1. The van der Waals surface area contributed by atoms with Crippen molar-refractivity contribution in [3.05, 3.63) is 64.2 Å². The van der Waals surface area contributed by atoms with Crippen LogP contribution in [0.5, 0.6) is 0 Å². The maximum absolute atomic E-state index is 14.5. The summed E-state index contributed by atoms with van der Waals surface area (Å²) in [7, 11) is 0. The van der Waals surface area contributed by atoms with E-state index >= 15 is 0 Å². The SMILES string of the molecule is CCOC(=O)NCC(=O)Nc1ccc2c(c1)[C@@]1(C)CCC[C@](C)(C(=O)NC(=O)[C@@]3(C)CCC[C@]4(C)c5cc(C)ccc5CC[C@@H]34)[C@@H]1CC2. The van der Waals surface area contributed by atoms with Crippen LogP contribution in [0.1, 0.15) is 114 Å². The molecule has 4 aliphatic rings. The average molecular weight is 656 g/mol. The molecule has 0 aromatic heterocycles. The van der Waals surface area contributed by atoms with Crippen molar-refractivity contribution < 1.29 is 23.9 Å². The van der Waals surface area contributed by atoms with Gasteiger partial charge < -0.3 is 15.4 Å².